The molecule has 0 aliphatic carbocycles. The Balaban J connectivity index is 0.000000531. The Bertz CT molecular complexity index is 432. The molecule has 0 unspecified atom stereocenters. The van der Waals surface area contributed by atoms with Crippen LogP contribution in [0.5, 0.6) is 5.75 Å². The predicted molar refractivity (Wildman–Crippen MR) is 66.6 cm³/mol. The molecular formula is C14H18O. The Hall–Kier alpha value is -1.50. The van der Waals surface area contributed by atoms with Gasteiger partial charge in [0.25, 0.3) is 0 Å². The van der Waals surface area contributed by atoms with Crippen LogP contribution in [0, 0.1) is 6.92 Å². The Kier molecular flexibility index (Phi) is 4.17. The van der Waals surface area contributed by atoms with Crippen molar-refractivity contribution >= 4 is 10.8 Å². The number of hydrogen-bond acceptors (Lipinski definition) is 1. The molecule has 0 aliphatic heterocycles. The summed E-state index contributed by atoms with van der Waals surface area (Å²) in [6, 6.07) is 12.4. The van der Waals surface area contributed by atoms with Gasteiger partial charge in [0.1, 0.15) is 5.75 Å². The van der Waals surface area contributed by atoms with E-state index in [-0.39, 0.29) is 0 Å². The van der Waals surface area contributed by atoms with Crippen molar-refractivity contribution in [3.63, 3.8) is 0 Å². The lowest BCUT2D eigenvalue weighted by atomic mass is 10.1. The molecule has 0 N–H and O–H groups in total. The van der Waals surface area contributed by atoms with Gasteiger partial charge in [-0.15, -0.1) is 0 Å². The molecule has 1 nitrogen and oxygen atoms in total. The molecule has 0 saturated carbocycles. The largest absolute Gasteiger partial charge is 0.496 e. The maximum absolute atomic E-state index is 5.25. The molecule has 0 atom stereocenters. The summed E-state index contributed by atoms with van der Waals surface area (Å²) in [5.74, 6) is 0.957. The molecule has 0 saturated heterocycles. The molecule has 1 heteroatoms. The second kappa shape index (κ2) is 5.40. The van der Waals surface area contributed by atoms with Gasteiger partial charge in [-0.25, -0.2) is 0 Å². The van der Waals surface area contributed by atoms with E-state index in [0.717, 1.165) is 5.75 Å². The first-order chi connectivity index (χ1) is 7.33. The van der Waals surface area contributed by atoms with E-state index in [2.05, 4.69) is 31.2 Å². The molecule has 0 aromatic heterocycles. The van der Waals surface area contributed by atoms with E-state index in [4.69, 9.17) is 4.74 Å². The Morgan fingerprint density at radius 2 is 1.60 bits per heavy atom. The van der Waals surface area contributed by atoms with Crippen LogP contribution in [0.15, 0.2) is 36.4 Å². The number of ether oxygens (including phenoxy) is 1. The van der Waals surface area contributed by atoms with Crippen molar-refractivity contribution < 1.29 is 4.74 Å². The van der Waals surface area contributed by atoms with Gasteiger partial charge in [-0.1, -0.05) is 44.2 Å². The summed E-state index contributed by atoms with van der Waals surface area (Å²) < 4.78 is 5.25. The van der Waals surface area contributed by atoms with Crippen LogP contribution >= 0.6 is 0 Å². The molecule has 80 valence electrons. The maximum atomic E-state index is 5.25. The maximum Gasteiger partial charge on any atom is 0.122 e. The highest BCUT2D eigenvalue weighted by atomic mass is 16.5. The average molecular weight is 202 g/mol. The fraction of sp³-hybridized carbons (Fsp3) is 0.286. The minimum absolute atomic E-state index is 0.957. The van der Waals surface area contributed by atoms with Gasteiger partial charge < -0.3 is 4.74 Å². The van der Waals surface area contributed by atoms with Crippen LogP contribution < -0.4 is 4.74 Å². The third-order valence-corrected chi connectivity index (χ3v) is 2.37. The number of benzene rings is 2. The average Bonchev–Trinajstić information content (AvgIpc) is 2.33. The van der Waals surface area contributed by atoms with Crippen LogP contribution in [0.4, 0.5) is 0 Å². The van der Waals surface area contributed by atoms with Gasteiger partial charge in [-0.3, -0.25) is 0 Å². The van der Waals surface area contributed by atoms with Crippen molar-refractivity contribution in [2.75, 3.05) is 7.11 Å². The van der Waals surface area contributed by atoms with E-state index in [1.807, 2.05) is 26.0 Å². The van der Waals surface area contributed by atoms with Crippen LogP contribution in [-0.4, -0.2) is 7.11 Å². The van der Waals surface area contributed by atoms with Crippen LogP contribution in [0.25, 0.3) is 10.8 Å². The fourth-order valence-corrected chi connectivity index (χ4v) is 1.63. The van der Waals surface area contributed by atoms with Crippen LogP contribution in [-0.2, 0) is 0 Å². The van der Waals surface area contributed by atoms with Crippen LogP contribution in [0.2, 0.25) is 0 Å². The summed E-state index contributed by atoms with van der Waals surface area (Å²) in [7, 11) is 1.71. The molecule has 2 aromatic carbocycles. The second-order valence-corrected chi connectivity index (χ2v) is 3.11. The van der Waals surface area contributed by atoms with Crippen LogP contribution in [0.3, 0.4) is 0 Å². The van der Waals surface area contributed by atoms with E-state index in [1.165, 1.54) is 16.3 Å². The molecule has 0 aliphatic rings. The highest BCUT2D eigenvalue weighted by Crippen LogP contribution is 2.26. The van der Waals surface area contributed by atoms with Crippen molar-refractivity contribution in [3.8, 4) is 5.75 Å². The van der Waals surface area contributed by atoms with Crippen LogP contribution in [0.1, 0.15) is 19.4 Å². The molecule has 0 bridgehead atoms. The number of hydrogen-bond donors (Lipinski definition) is 0. The monoisotopic (exact) mass is 202 g/mol. The van der Waals surface area contributed by atoms with Crippen molar-refractivity contribution in [1.29, 1.82) is 0 Å². The van der Waals surface area contributed by atoms with Gasteiger partial charge in [-0.05, 0) is 29.3 Å². The van der Waals surface area contributed by atoms with Crippen molar-refractivity contribution in [1.82, 2.24) is 0 Å². The molecule has 0 spiro atoms. The highest BCUT2D eigenvalue weighted by molar-refractivity contribution is 5.87. The summed E-state index contributed by atoms with van der Waals surface area (Å²) in [6.07, 6.45) is 0. The number of rotatable bonds is 1. The van der Waals surface area contributed by atoms with Gasteiger partial charge in [0.05, 0.1) is 7.11 Å². The minimum Gasteiger partial charge on any atom is -0.496 e. The molecule has 0 fully saturated rings. The Morgan fingerprint density at radius 1 is 0.933 bits per heavy atom. The van der Waals surface area contributed by atoms with Gasteiger partial charge in [0.15, 0.2) is 0 Å². The van der Waals surface area contributed by atoms with E-state index < -0.39 is 0 Å². The summed E-state index contributed by atoms with van der Waals surface area (Å²) in [6.45, 7) is 6.08. The highest BCUT2D eigenvalue weighted by Gasteiger charge is 2.01. The zero-order valence-electron chi connectivity index (χ0n) is 9.87. The van der Waals surface area contributed by atoms with Gasteiger partial charge >= 0.3 is 0 Å². The topological polar surface area (TPSA) is 9.23 Å². The van der Waals surface area contributed by atoms with E-state index in [9.17, 15) is 0 Å². The van der Waals surface area contributed by atoms with E-state index in [1.54, 1.807) is 7.11 Å². The first kappa shape index (κ1) is 11.6. The number of fused-ring (bicyclic) bond motifs is 1. The summed E-state index contributed by atoms with van der Waals surface area (Å²) in [5, 5.41) is 2.53. The SMILES string of the molecule is CC.COc1ccc2ccccc2c1C. The van der Waals surface area contributed by atoms with Gasteiger partial charge in [0.2, 0.25) is 0 Å². The molecule has 15 heavy (non-hydrogen) atoms. The predicted octanol–water partition coefficient (Wildman–Crippen LogP) is 4.18. The van der Waals surface area contributed by atoms with Crippen molar-refractivity contribution in [3.05, 3.63) is 42.0 Å². The first-order valence-corrected chi connectivity index (χ1v) is 5.35. The number of methoxy groups -OCH3 is 1. The first-order valence-electron chi connectivity index (χ1n) is 5.35. The van der Waals surface area contributed by atoms with Gasteiger partial charge in [0, 0.05) is 0 Å². The molecular weight excluding hydrogens is 184 g/mol. The lowest BCUT2D eigenvalue weighted by molar-refractivity contribution is 0.412. The van der Waals surface area contributed by atoms with E-state index >= 15 is 0 Å². The van der Waals surface area contributed by atoms with Crippen molar-refractivity contribution in [2.24, 2.45) is 0 Å². The van der Waals surface area contributed by atoms with E-state index in [0.29, 0.717) is 0 Å². The lowest BCUT2D eigenvalue weighted by Crippen LogP contribution is -1.87. The molecule has 0 amide bonds. The number of aryl methyl sites for hydroxylation is 1. The Morgan fingerprint density at radius 3 is 2.27 bits per heavy atom. The molecule has 0 radical (unpaired) electrons. The lowest BCUT2D eigenvalue weighted by Gasteiger charge is -2.07. The Labute approximate surface area is 91.7 Å². The fourth-order valence-electron chi connectivity index (χ4n) is 1.63. The third-order valence-electron chi connectivity index (χ3n) is 2.37. The molecule has 2 rings (SSSR count). The summed E-state index contributed by atoms with van der Waals surface area (Å²) >= 11 is 0. The normalized spacial score (nSPS) is 9.33. The van der Waals surface area contributed by atoms with Crippen molar-refractivity contribution in [2.45, 2.75) is 20.8 Å². The minimum atomic E-state index is 0.957. The zero-order valence-corrected chi connectivity index (χ0v) is 9.87. The smallest absolute Gasteiger partial charge is 0.122 e. The molecule has 2 aromatic rings. The van der Waals surface area contributed by atoms with Gasteiger partial charge in [-0.2, -0.15) is 0 Å². The molecule has 0 heterocycles. The standard InChI is InChI=1S/C12H12O.C2H6/c1-9-11-6-4-3-5-10(11)7-8-12(9)13-2;1-2/h3-8H,1-2H3;1-2H3. The second-order valence-electron chi connectivity index (χ2n) is 3.11. The third kappa shape index (κ3) is 2.30. The summed E-state index contributed by atoms with van der Waals surface area (Å²) in [4.78, 5) is 0. The quantitative estimate of drug-likeness (QED) is 0.674. The summed E-state index contributed by atoms with van der Waals surface area (Å²) in [5.41, 5.74) is 1.21. The zero-order chi connectivity index (χ0) is 11.3.